The number of aliphatic hydroxyl groups is 1. The van der Waals surface area contributed by atoms with Crippen molar-refractivity contribution in [2.24, 2.45) is 0 Å². The number of benzene rings is 1. The smallest absolute Gasteiger partial charge is 0.134 e. The molecule has 0 radical (unpaired) electrons. The Morgan fingerprint density at radius 2 is 1.91 bits per heavy atom. The van der Waals surface area contributed by atoms with Gasteiger partial charge in [-0.2, -0.15) is 0 Å². The van der Waals surface area contributed by atoms with Gasteiger partial charge in [0, 0.05) is 36.3 Å². The van der Waals surface area contributed by atoms with Crippen molar-refractivity contribution in [1.29, 1.82) is 0 Å². The van der Waals surface area contributed by atoms with Crippen LogP contribution in [-0.2, 0) is 6.42 Å². The first-order chi connectivity index (χ1) is 10.8. The number of aromatic nitrogens is 3. The highest BCUT2D eigenvalue weighted by molar-refractivity contribution is 5.64. The van der Waals surface area contributed by atoms with Gasteiger partial charge in [0.05, 0.1) is 5.69 Å². The maximum atomic E-state index is 8.93. The summed E-state index contributed by atoms with van der Waals surface area (Å²) in [6.45, 7) is 0.160. The van der Waals surface area contributed by atoms with E-state index in [9.17, 15) is 0 Å². The normalized spacial score (nSPS) is 10.4. The number of nitrogens with one attached hydrogen (secondary N) is 1. The van der Waals surface area contributed by atoms with Crippen molar-refractivity contribution in [3.05, 3.63) is 66.7 Å². The van der Waals surface area contributed by atoms with E-state index in [0.29, 0.717) is 6.42 Å². The lowest BCUT2D eigenvalue weighted by Gasteiger charge is -2.08. The van der Waals surface area contributed by atoms with E-state index in [-0.39, 0.29) is 6.61 Å². The first-order valence-corrected chi connectivity index (χ1v) is 7.04. The summed E-state index contributed by atoms with van der Waals surface area (Å²) in [6.07, 6.45) is 5.71. The van der Waals surface area contributed by atoms with Gasteiger partial charge in [0.15, 0.2) is 0 Å². The van der Waals surface area contributed by atoms with E-state index in [2.05, 4.69) is 20.3 Å². The maximum absolute atomic E-state index is 8.93. The van der Waals surface area contributed by atoms with Crippen molar-refractivity contribution in [2.45, 2.75) is 6.42 Å². The summed E-state index contributed by atoms with van der Waals surface area (Å²) in [6, 6.07) is 13.6. The summed E-state index contributed by atoms with van der Waals surface area (Å²) in [4.78, 5) is 12.6. The number of aliphatic hydroxyl groups excluding tert-OH is 1. The average Bonchev–Trinajstić information content (AvgIpc) is 2.58. The molecule has 1 aromatic carbocycles. The van der Waals surface area contributed by atoms with Crippen LogP contribution in [-0.4, -0.2) is 26.7 Å². The highest BCUT2D eigenvalue weighted by Crippen LogP contribution is 2.20. The van der Waals surface area contributed by atoms with E-state index >= 15 is 0 Å². The van der Waals surface area contributed by atoms with Crippen LogP contribution < -0.4 is 5.32 Å². The number of pyridine rings is 1. The van der Waals surface area contributed by atoms with Crippen molar-refractivity contribution in [3.63, 3.8) is 0 Å². The Hall–Kier alpha value is -2.79. The third-order valence-electron chi connectivity index (χ3n) is 3.25. The summed E-state index contributed by atoms with van der Waals surface area (Å²) in [7, 11) is 0. The molecule has 0 aliphatic carbocycles. The second-order valence-corrected chi connectivity index (χ2v) is 4.83. The van der Waals surface area contributed by atoms with Crippen LogP contribution in [0.15, 0.2) is 61.2 Å². The minimum Gasteiger partial charge on any atom is -0.396 e. The van der Waals surface area contributed by atoms with E-state index in [0.717, 1.165) is 28.3 Å². The molecule has 2 N–H and O–H groups in total. The molecule has 0 aliphatic rings. The van der Waals surface area contributed by atoms with Crippen LogP contribution in [0.2, 0.25) is 0 Å². The number of hydrogen-bond donors (Lipinski definition) is 2. The van der Waals surface area contributed by atoms with Gasteiger partial charge in [-0.3, -0.25) is 4.98 Å². The van der Waals surface area contributed by atoms with Crippen LogP contribution in [0.25, 0.3) is 11.3 Å². The zero-order valence-electron chi connectivity index (χ0n) is 12.0. The molecule has 0 spiro atoms. The molecule has 0 atom stereocenters. The molecule has 22 heavy (non-hydrogen) atoms. The molecule has 3 rings (SSSR count). The van der Waals surface area contributed by atoms with E-state index in [4.69, 9.17) is 5.11 Å². The van der Waals surface area contributed by atoms with Crippen molar-refractivity contribution in [1.82, 2.24) is 15.0 Å². The van der Waals surface area contributed by atoms with Crippen LogP contribution in [0.4, 0.5) is 11.5 Å². The summed E-state index contributed by atoms with van der Waals surface area (Å²) in [5.41, 5.74) is 3.82. The van der Waals surface area contributed by atoms with Crippen LogP contribution in [0.3, 0.4) is 0 Å². The van der Waals surface area contributed by atoms with E-state index in [1.54, 1.807) is 12.4 Å². The first-order valence-electron chi connectivity index (χ1n) is 7.04. The molecule has 5 heteroatoms. The van der Waals surface area contributed by atoms with Crippen LogP contribution in [0.1, 0.15) is 5.56 Å². The molecular weight excluding hydrogens is 276 g/mol. The molecule has 0 fully saturated rings. The SMILES string of the molecule is OCCc1ccc(Nc2cc(-c3cccnc3)ncn2)cc1. The fraction of sp³-hybridized carbons (Fsp3) is 0.118. The minimum atomic E-state index is 0.160. The molecule has 2 aromatic heterocycles. The predicted molar refractivity (Wildman–Crippen MR) is 85.8 cm³/mol. The van der Waals surface area contributed by atoms with Crippen molar-refractivity contribution >= 4 is 11.5 Å². The molecule has 0 saturated carbocycles. The lowest BCUT2D eigenvalue weighted by Crippen LogP contribution is -1.96. The van der Waals surface area contributed by atoms with Gasteiger partial charge < -0.3 is 10.4 Å². The highest BCUT2D eigenvalue weighted by Gasteiger charge is 2.02. The van der Waals surface area contributed by atoms with Gasteiger partial charge in [-0.05, 0) is 36.2 Å². The second-order valence-electron chi connectivity index (χ2n) is 4.83. The Balaban J connectivity index is 1.78. The molecule has 3 aromatic rings. The summed E-state index contributed by atoms with van der Waals surface area (Å²) in [5.74, 6) is 0.726. The van der Waals surface area contributed by atoms with Crippen LogP contribution in [0.5, 0.6) is 0 Å². The third-order valence-corrected chi connectivity index (χ3v) is 3.25. The molecule has 5 nitrogen and oxygen atoms in total. The molecular formula is C17H16N4O. The Morgan fingerprint density at radius 1 is 1.05 bits per heavy atom. The lowest BCUT2D eigenvalue weighted by molar-refractivity contribution is 0.299. The predicted octanol–water partition coefficient (Wildman–Crippen LogP) is 2.82. The zero-order chi connectivity index (χ0) is 15.2. The first kappa shape index (κ1) is 14.2. The quantitative estimate of drug-likeness (QED) is 0.756. The van der Waals surface area contributed by atoms with Gasteiger partial charge >= 0.3 is 0 Å². The van der Waals surface area contributed by atoms with E-state index in [1.165, 1.54) is 6.33 Å². The van der Waals surface area contributed by atoms with Crippen molar-refractivity contribution in [3.8, 4) is 11.3 Å². The minimum absolute atomic E-state index is 0.160. The van der Waals surface area contributed by atoms with Crippen LogP contribution >= 0.6 is 0 Å². The van der Waals surface area contributed by atoms with Gasteiger partial charge in [0.2, 0.25) is 0 Å². The number of hydrogen-bond acceptors (Lipinski definition) is 5. The maximum Gasteiger partial charge on any atom is 0.134 e. The highest BCUT2D eigenvalue weighted by atomic mass is 16.2. The topological polar surface area (TPSA) is 70.9 Å². The molecule has 0 aliphatic heterocycles. The lowest BCUT2D eigenvalue weighted by atomic mass is 10.1. The molecule has 0 bridgehead atoms. The van der Waals surface area contributed by atoms with Gasteiger partial charge in [0.1, 0.15) is 12.1 Å². The van der Waals surface area contributed by atoms with Crippen molar-refractivity contribution in [2.75, 3.05) is 11.9 Å². The molecule has 2 heterocycles. The fourth-order valence-electron chi connectivity index (χ4n) is 2.13. The number of anilines is 2. The van der Waals surface area contributed by atoms with Crippen LogP contribution in [0, 0.1) is 0 Å². The summed E-state index contributed by atoms with van der Waals surface area (Å²) < 4.78 is 0. The van der Waals surface area contributed by atoms with E-state index in [1.807, 2.05) is 42.5 Å². The molecule has 0 unspecified atom stereocenters. The number of nitrogens with zero attached hydrogens (tertiary/aromatic N) is 3. The second kappa shape index (κ2) is 6.78. The molecule has 0 amide bonds. The Bertz CT molecular complexity index is 729. The zero-order valence-corrected chi connectivity index (χ0v) is 12.0. The number of rotatable bonds is 5. The van der Waals surface area contributed by atoms with Crippen molar-refractivity contribution < 1.29 is 5.11 Å². The summed E-state index contributed by atoms with van der Waals surface area (Å²) >= 11 is 0. The summed E-state index contributed by atoms with van der Waals surface area (Å²) in [5, 5.41) is 12.2. The standard InChI is InChI=1S/C17H16N4O/c22-9-7-13-3-5-15(6-4-13)21-17-10-16(19-12-20-17)14-2-1-8-18-11-14/h1-6,8,10-12,22H,7,9H2,(H,19,20,21). The van der Waals surface area contributed by atoms with E-state index < -0.39 is 0 Å². The third kappa shape index (κ3) is 3.45. The van der Waals surface area contributed by atoms with Gasteiger partial charge in [-0.1, -0.05) is 12.1 Å². The monoisotopic (exact) mass is 292 g/mol. The molecule has 0 saturated heterocycles. The van der Waals surface area contributed by atoms with Gasteiger partial charge in [-0.15, -0.1) is 0 Å². The largest absolute Gasteiger partial charge is 0.396 e. The average molecular weight is 292 g/mol. The Morgan fingerprint density at radius 3 is 2.64 bits per heavy atom. The fourth-order valence-corrected chi connectivity index (χ4v) is 2.13. The Labute approximate surface area is 128 Å². The Kier molecular flexibility index (Phi) is 4.36. The molecule has 110 valence electrons. The van der Waals surface area contributed by atoms with Gasteiger partial charge in [0.25, 0.3) is 0 Å². The van der Waals surface area contributed by atoms with Gasteiger partial charge in [-0.25, -0.2) is 9.97 Å².